The number of hydrogen-bond acceptors (Lipinski definition) is 5. The summed E-state index contributed by atoms with van der Waals surface area (Å²) in [4.78, 5) is 26.7. The van der Waals surface area contributed by atoms with Gasteiger partial charge in [-0.25, -0.2) is 9.18 Å². The second-order valence-corrected chi connectivity index (χ2v) is 4.25. The molecule has 0 aliphatic carbocycles. The van der Waals surface area contributed by atoms with Crippen molar-refractivity contribution in [1.82, 2.24) is 10.1 Å². The number of amides is 1. The highest BCUT2D eigenvalue weighted by Crippen LogP contribution is 2.19. The number of halogens is 1. The molecule has 2 rings (SSSR count). The zero-order valence-electron chi connectivity index (χ0n) is 11.1. The lowest BCUT2D eigenvalue weighted by Gasteiger charge is -2.08. The molecular formula is C13H12FN3O4. The molecule has 1 aromatic carbocycles. The minimum absolute atomic E-state index is 0.0111. The number of aromatic nitrogens is 2. The molecule has 0 fully saturated rings. The van der Waals surface area contributed by atoms with Crippen LogP contribution in [0.25, 0.3) is 0 Å². The molecule has 0 aliphatic heterocycles. The van der Waals surface area contributed by atoms with Crippen LogP contribution in [0.1, 0.15) is 28.5 Å². The normalized spacial score (nSPS) is 10.4. The van der Waals surface area contributed by atoms with E-state index in [9.17, 15) is 14.0 Å². The number of benzene rings is 1. The van der Waals surface area contributed by atoms with Crippen molar-refractivity contribution in [3.05, 3.63) is 41.3 Å². The number of nitrogens with one attached hydrogen (secondary N) is 1. The van der Waals surface area contributed by atoms with Gasteiger partial charge in [0.1, 0.15) is 11.4 Å². The molecule has 7 nitrogen and oxygen atoms in total. The first kappa shape index (κ1) is 14.6. The van der Waals surface area contributed by atoms with Crippen molar-refractivity contribution in [2.75, 3.05) is 5.32 Å². The summed E-state index contributed by atoms with van der Waals surface area (Å²) in [5.41, 5.74) is -0.659. The lowest BCUT2D eigenvalue weighted by atomic mass is 10.1. The Balaban J connectivity index is 2.03. The predicted octanol–water partition coefficient (Wildman–Crippen LogP) is 1.79. The molecule has 2 N–H and O–H groups in total. The fraction of sp³-hybridized carbons (Fsp3) is 0.231. The Bertz CT molecular complexity index is 684. The third-order valence-electron chi connectivity index (χ3n) is 2.64. The number of aryl methyl sites for hydroxylation is 2. The number of aromatic carboxylic acids is 1. The van der Waals surface area contributed by atoms with Gasteiger partial charge in [-0.15, -0.1) is 0 Å². The van der Waals surface area contributed by atoms with E-state index in [2.05, 4.69) is 15.5 Å². The molecule has 2 aromatic rings. The van der Waals surface area contributed by atoms with Crippen molar-refractivity contribution in [2.45, 2.75) is 19.8 Å². The quantitative estimate of drug-likeness (QED) is 0.870. The number of rotatable bonds is 5. The van der Waals surface area contributed by atoms with Crippen LogP contribution in [0, 0.1) is 12.7 Å². The van der Waals surface area contributed by atoms with Gasteiger partial charge in [0.05, 0.1) is 5.69 Å². The Kier molecular flexibility index (Phi) is 4.27. The van der Waals surface area contributed by atoms with Crippen molar-refractivity contribution >= 4 is 17.6 Å². The second kappa shape index (κ2) is 6.12. The van der Waals surface area contributed by atoms with Crippen LogP contribution in [0.4, 0.5) is 10.1 Å². The maximum absolute atomic E-state index is 13.4. The average molecular weight is 293 g/mol. The summed E-state index contributed by atoms with van der Waals surface area (Å²) in [5, 5.41) is 14.9. The highest BCUT2D eigenvalue weighted by molar-refractivity contribution is 6.00. The fourth-order valence-corrected chi connectivity index (χ4v) is 1.72. The van der Waals surface area contributed by atoms with Gasteiger partial charge >= 0.3 is 5.97 Å². The van der Waals surface area contributed by atoms with Crippen molar-refractivity contribution in [2.24, 2.45) is 0 Å². The molecule has 0 unspecified atom stereocenters. The van der Waals surface area contributed by atoms with E-state index in [-0.39, 0.29) is 18.5 Å². The van der Waals surface area contributed by atoms with Crippen LogP contribution >= 0.6 is 0 Å². The Morgan fingerprint density at radius 3 is 2.81 bits per heavy atom. The molecule has 1 heterocycles. The molecule has 8 heteroatoms. The van der Waals surface area contributed by atoms with Crippen molar-refractivity contribution in [1.29, 1.82) is 0 Å². The molecule has 1 aromatic heterocycles. The average Bonchev–Trinajstić information content (AvgIpc) is 2.82. The summed E-state index contributed by atoms with van der Waals surface area (Å²) in [6.45, 7) is 1.65. The van der Waals surface area contributed by atoms with Crippen molar-refractivity contribution in [3.8, 4) is 0 Å². The molecule has 110 valence electrons. The zero-order chi connectivity index (χ0) is 15.4. The zero-order valence-corrected chi connectivity index (χ0v) is 11.1. The topological polar surface area (TPSA) is 105 Å². The first-order valence-corrected chi connectivity index (χ1v) is 6.08. The highest BCUT2D eigenvalue weighted by Gasteiger charge is 2.17. The first-order chi connectivity index (χ1) is 9.97. The third kappa shape index (κ3) is 3.62. The van der Waals surface area contributed by atoms with Gasteiger partial charge in [-0.1, -0.05) is 11.2 Å². The van der Waals surface area contributed by atoms with Gasteiger partial charge < -0.3 is 14.9 Å². The summed E-state index contributed by atoms with van der Waals surface area (Å²) in [6, 6.07) is 3.65. The molecule has 21 heavy (non-hydrogen) atoms. The van der Waals surface area contributed by atoms with E-state index < -0.39 is 23.3 Å². The van der Waals surface area contributed by atoms with Crippen LogP contribution in [0.5, 0.6) is 0 Å². The van der Waals surface area contributed by atoms with Crippen LogP contribution in [0.15, 0.2) is 22.7 Å². The van der Waals surface area contributed by atoms with Crippen LogP contribution < -0.4 is 5.32 Å². The molecule has 0 spiro atoms. The predicted molar refractivity (Wildman–Crippen MR) is 69.3 cm³/mol. The molecule has 0 radical (unpaired) electrons. The molecule has 0 saturated carbocycles. The van der Waals surface area contributed by atoms with Crippen LogP contribution in [-0.4, -0.2) is 27.1 Å². The SMILES string of the molecule is Cc1noc(CCC(=O)Nc2cccc(F)c2C(=O)O)n1. The van der Waals surface area contributed by atoms with Gasteiger partial charge in [0, 0.05) is 12.8 Å². The third-order valence-corrected chi connectivity index (χ3v) is 2.64. The Morgan fingerprint density at radius 2 is 2.19 bits per heavy atom. The molecule has 1 amide bonds. The molecule has 0 atom stereocenters. The first-order valence-electron chi connectivity index (χ1n) is 6.08. The van der Waals surface area contributed by atoms with E-state index in [1.807, 2.05) is 0 Å². The Labute approximate surface area is 118 Å². The monoisotopic (exact) mass is 293 g/mol. The molecule has 0 bridgehead atoms. The Morgan fingerprint density at radius 1 is 1.43 bits per heavy atom. The summed E-state index contributed by atoms with van der Waals surface area (Å²) in [5.74, 6) is -2.06. The van der Waals surface area contributed by atoms with Gasteiger partial charge in [0.2, 0.25) is 11.8 Å². The van der Waals surface area contributed by atoms with Gasteiger partial charge in [-0.3, -0.25) is 4.79 Å². The Hall–Kier alpha value is -2.77. The van der Waals surface area contributed by atoms with E-state index in [0.717, 1.165) is 6.07 Å². The molecule has 0 aliphatic rings. The number of hydrogen-bond donors (Lipinski definition) is 2. The number of anilines is 1. The van der Waals surface area contributed by atoms with Gasteiger partial charge in [-0.05, 0) is 19.1 Å². The number of carbonyl (C=O) groups excluding carboxylic acids is 1. The smallest absolute Gasteiger partial charge is 0.340 e. The molecule has 0 saturated heterocycles. The van der Waals surface area contributed by atoms with Gasteiger partial charge in [0.25, 0.3) is 0 Å². The standard InChI is InChI=1S/C13H12FN3O4/c1-7-15-11(21-17-7)6-5-10(18)16-9-4-2-3-8(14)12(9)13(19)20/h2-4H,5-6H2,1H3,(H,16,18)(H,19,20). The van der Waals surface area contributed by atoms with Crippen LogP contribution in [0.2, 0.25) is 0 Å². The van der Waals surface area contributed by atoms with Crippen molar-refractivity contribution < 1.29 is 23.6 Å². The molecular weight excluding hydrogens is 281 g/mol. The largest absolute Gasteiger partial charge is 0.478 e. The van der Waals surface area contributed by atoms with Gasteiger partial charge in [0.15, 0.2) is 5.82 Å². The van der Waals surface area contributed by atoms with Crippen molar-refractivity contribution in [3.63, 3.8) is 0 Å². The minimum Gasteiger partial charge on any atom is -0.478 e. The van der Waals surface area contributed by atoms with E-state index in [1.165, 1.54) is 12.1 Å². The number of carboxylic acid groups (broad SMARTS) is 1. The maximum atomic E-state index is 13.4. The van der Waals surface area contributed by atoms with E-state index in [4.69, 9.17) is 9.63 Å². The summed E-state index contributed by atoms with van der Waals surface area (Å²) in [6.07, 6.45) is 0.224. The van der Waals surface area contributed by atoms with E-state index >= 15 is 0 Å². The highest BCUT2D eigenvalue weighted by atomic mass is 19.1. The number of carbonyl (C=O) groups is 2. The van der Waals surface area contributed by atoms with Crippen LogP contribution in [0.3, 0.4) is 0 Å². The summed E-state index contributed by atoms with van der Waals surface area (Å²) >= 11 is 0. The number of nitrogens with zero attached hydrogens (tertiary/aromatic N) is 2. The van der Waals surface area contributed by atoms with Gasteiger partial charge in [-0.2, -0.15) is 4.98 Å². The lowest BCUT2D eigenvalue weighted by molar-refractivity contribution is -0.116. The van der Waals surface area contributed by atoms with E-state index in [1.54, 1.807) is 6.92 Å². The van der Waals surface area contributed by atoms with E-state index in [0.29, 0.717) is 11.7 Å². The fourth-order valence-electron chi connectivity index (χ4n) is 1.72. The second-order valence-electron chi connectivity index (χ2n) is 4.25. The van der Waals surface area contributed by atoms with Crippen LogP contribution in [-0.2, 0) is 11.2 Å². The summed E-state index contributed by atoms with van der Waals surface area (Å²) < 4.78 is 18.3. The maximum Gasteiger partial charge on any atom is 0.340 e. The number of carboxylic acids is 1. The minimum atomic E-state index is -1.45. The summed E-state index contributed by atoms with van der Waals surface area (Å²) in [7, 11) is 0. The lowest BCUT2D eigenvalue weighted by Crippen LogP contribution is -2.16.